The van der Waals surface area contributed by atoms with Crippen molar-refractivity contribution in [2.75, 3.05) is 13.2 Å². The molecule has 0 bridgehead atoms. The maximum atomic E-state index is 12.3. The average Bonchev–Trinajstić information content (AvgIpc) is 3.31. The second kappa shape index (κ2) is 11.4. The van der Waals surface area contributed by atoms with Crippen LogP contribution in [0.1, 0.15) is 42.1 Å². The Morgan fingerprint density at radius 3 is 2.77 bits per heavy atom. The Hall–Kier alpha value is -2.85. The number of nitriles is 1. The molecule has 160 valence electrons. The Morgan fingerprint density at radius 1 is 1.37 bits per heavy atom. The Bertz CT molecular complexity index is 934. The van der Waals surface area contributed by atoms with E-state index >= 15 is 0 Å². The van der Waals surface area contributed by atoms with Crippen molar-refractivity contribution in [2.24, 2.45) is 5.92 Å². The van der Waals surface area contributed by atoms with Crippen LogP contribution < -0.4 is 5.32 Å². The lowest BCUT2D eigenvalue weighted by molar-refractivity contribution is -0.144. The molecule has 0 aliphatic rings. The van der Waals surface area contributed by atoms with Crippen molar-refractivity contribution in [2.45, 2.75) is 47.1 Å². The molecule has 30 heavy (non-hydrogen) atoms. The third-order valence-corrected chi connectivity index (χ3v) is 5.73. The quantitative estimate of drug-likeness (QED) is 0.353. The zero-order chi connectivity index (χ0) is 22.1. The summed E-state index contributed by atoms with van der Waals surface area (Å²) in [5.74, 6) is -0.590. The number of hydrogen-bond donors (Lipinski definition) is 1. The smallest absolute Gasteiger partial charge is 0.349 e. The largest absolute Gasteiger partial charge is 0.451 e. The van der Waals surface area contributed by atoms with E-state index in [0.717, 1.165) is 36.3 Å². The van der Waals surface area contributed by atoms with Crippen molar-refractivity contribution >= 4 is 29.3 Å². The SMILES string of the molecule is Cc1cc(/C=C(\C#N)C(=O)OCC(=O)NCCc2cccs2)c(C)n1CCC(C)C. The van der Waals surface area contributed by atoms with E-state index in [9.17, 15) is 14.9 Å². The molecule has 1 amide bonds. The molecular weight excluding hydrogens is 398 g/mol. The van der Waals surface area contributed by atoms with Gasteiger partial charge in [0.15, 0.2) is 6.61 Å². The number of rotatable bonds is 10. The van der Waals surface area contributed by atoms with Crippen molar-refractivity contribution in [3.05, 3.63) is 51.0 Å². The van der Waals surface area contributed by atoms with Crippen LogP contribution in [0.5, 0.6) is 0 Å². The molecule has 0 atom stereocenters. The highest BCUT2D eigenvalue weighted by atomic mass is 32.1. The van der Waals surface area contributed by atoms with Crippen LogP contribution in [0.3, 0.4) is 0 Å². The minimum atomic E-state index is -0.794. The molecule has 0 aliphatic carbocycles. The molecule has 6 nitrogen and oxygen atoms in total. The van der Waals surface area contributed by atoms with E-state index in [0.29, 0.717) is 12.5 Å². The lowest BCUT2D eigenvalue weighted by Gasteiger charge is -2.11. The summed E-state index contributed by atoms with van der Waals surface area (Å²) in [6, 6.07) is 7.80. The maximum Gasteiger partial charge on any atom is 0.349 e. The van der Waals surface area contributed by atoms with Crippen molar-refractivity contribution in [1.29, 1.82) is 5.26 Å². The normalized spacial score (nSPS) is 11.4. The zero-order valence-electron chi connectivity index (χ0n) is 18.0. The van der Waals surface area contributed by atoms with Gasteiger partial charge in [-0.05, 0) is 61.8 Å². The number of ether oxygens (including phenoxy) is 1. The van der Waals surface area contributed by atoms with E-state index in [-0.39, 0.29) is 11.5 Å². The second-order valence-corrected chi connectivity index (χ2v) is 8.62. The van der Waals surface area contributed by atoms with Crippen LogP contribution in [0.2, 0.25) is 0 Å². The van der Waals surface area contributed by atoms with E-state index in [1.807, 2.05) is 43.5 Å². The predicted molar refractivity (Wildman–Crippen MR) is 119 cm³/mol. The van der Waals surface area contributed by atoms with E-state index in [1.165, 1.54) is 11.0 Å². The second-order valence-electron chi connectivity index (χ2n) is 7.59. The number of amides is 1. The summed E-state index contributed by atoms with van der Waals surface area (Å²) in [4.78, 5) is 25.3. The molecule has 2 heterocycles. The number of hydrogen-bond acceptors (Lipinski definition) is 5. The lowest BCUT2D eigenvalue weighted by atomic mass is 10.1. The van der Waals surface area contributed by atoms with Gasteiger partial charge in [0.1, 0.15) is 11.6 Å². The van der Waals surface area contributed by atoms with Crippen LogP contribution in [0.25, 0.3) is 6.08 Å². The molecule has 0 aromatic carbocycles. The summed E-state index contributed by atoms with van der Waals surface area (Å²) in [5.41, 5.74) is 2.77. The monoisotopic (exact) mass is 427 g/mol. The highest BCUT2D eigenvalue weighted by Crippen LogP contribution is 2.20. The Kier molecular flexibility index (Phi) is 8.88. The van der Waals surface area contributed by atoms with Crippen LogP contribution in [0, 0.1) is 31.1 Å². The van der Waals surface area contributed by atoms with Gasteiger partial charge in [0.25, 0.3) is 5.91 Å². The van der Waals surface area contributed by atoms with Crippen LogP contribution in [0.4, 0.5) is 0 Å². The molecule has 0 aliphatic heterocycles. The van der Waals surface area contributed by atoms with Crippen molar-refractivity contribution < 1.29 is 14.3 Å². The van der Waals surface area contributed by atoms with Gasteiger partial charge in [0.05, 0.1) is 0 Å². The first-order valence-corrected chi connectivity index (χ1v) is 10.9. The predicted octanol–water partition coefficient (Wildman–Crippen LogP) is 4.02. The lowest BCUT2D eigenvalue weighted by Crippen LogP contribution is -2.30. The van der Waals surface area contributed by atoms with Crippen LogP contribution in [-0.4, -0.2) is 29.6 Å². The summed E-state index contributed by atoms with van der Waals surface area (Å²) in [7, 11) is 0. The molecule has 2 aromatic rings. The van der Waals surface area contributed by atoms with Gasteiger partial charge in [-0.15, -0.1) is 11.3 Å². The molecule has 0 saturated carbocycles. The average molecular weight is 428 g/mol. The third-order valence-electron chi connectivity index (χ3n) is 4.79. The number of nitrogens with one attached hydrogen (secondary N) is 1. The molecule has 0 saturated heterocycles. The molecule has 1 N–H and O–H groups in total. The van der Waals surface area contributed by atoms with E-state index in [4.69, 9.17) is 4.74 Å². The van der Waals surface area contributed by atoms with Crippen molar-refractivity contribution in [3.8, 4) is 6.07 Å². The number of carbonyl (C=O) groups excluding carboxylic acids is 2. The van der Waals surface area contributed by atoms with Gasteiger partial charge < -0.3 is 14.6 Å². The number of aromatic nitrogens is 1. The fourth-order valence-electron chi connectivity index (χ4n) is 3.04. The van der Waals surface area contributed by atoms with Gasteiger partial charge in [-0.2, -0.15) is 5.26 Å². The van der Waals surface area contributed by atoms with Gasteiger partial charge >= 0.3 is 5.97 Å². The first kappa shape index (κ1) is 23.4. The molecule has 2 aromatic heterocycles. The maximum absolute atomic E-state index is 12.3. The Balaban J connectivity index is 1.92. The van der Waals surface area contributed by atoms with E-state index in [1.54, 1.807) is 11.3 Å². The third kappa shape index (κ3) is 6.89. The molecule has 0 fully saturated rings. The summed E-state index contributed by atoms with van der Waals surface area (Å²) in [6.45, 7) is 9.29. The van der Waals surface area contributed by atoms with Gasteiger partial charge in [-0.25, -0.2) is 4.79 Å². The standard InChI is InChI=1S/C23H29N3O3S/c1-16(2)8-10-26-17(3)12-19(18(26)4)13-20(14-24)23(28)29-15-22(27)25-9-7-21-6-5-11-30-21/h5-6,11-13,16H,7-10,15H2,1-4H3,(H,25,27)/b20-13+. The van der Waals surface area contributed by atoms with E-state index in [2.05, 4.69) is 23.7 Å². The highest BCUT2D eigenvalue weighted by molar-refractivity contribution is 7.09. The number of carbonyl (C=O) groups is 2. The van der Waals surface area contributed by atoms with Crippen LogP contribution in [0.15, 0.2) is 29.2 Å². The molecular formula is C23H29N3O3S. The fraction of sp³-hybridized carbons (Fsp3) is 0.435. The minimum Gasteiger partial charge on any atom is -0.451 e. The van der Waals surface area contributed by atoms with Gasteiger partial charge in [-0.3, -0.25) is 4.79 Å². The first-order valence-electron chi connectivity index (χ1n) is 10.1. The molecule has 0 radical (unpaired) electrons. The molecule has 0 unspecified atom stereocenters. The van der Waals surface area contributed by atoms with Crippen LogP contribution >= 0.6 is 11.3 Å². The number of thiophene rings is 1. The Labute approximate surface area is 182 Å². The van der Waals surface area contributed by atoms with Gasteiger partial charge in [0.2, 0.25) is 0 Å². The first-order chi connectivity index (χ1) is 14.3. The van der Waals surface area contributed by atoms with Gasteiger partial charge in [0, 0.05) is 29.4 Å². The summed E-state index contributed by atoms with van der Waals surface area (Å²) in [5, 5.41) is 14.1. The Morgan fingerprint density at radius 2 is 2.13 bits per heavy atom. The topological polar surface area (TPSA) is 84.1 Å². The fourth-order valence-corrected chi connectivity index (χ4v) is 3.75. The summed E-state index contributed by atoms with van der Waals surface area (Å²) < 4.78 is 7.21. The van der Waals surface area contributed by atoms with E-state index < -0.39 is 12.6 Å². The number of esters is 1. The molecule has 2 rings (SSSR count). The summed E-state index contributed by atoms with van der Waals surface area (Å²) in [6.07, 6.45) is 3.31. The highest BCUT2D eigenvalue weighted by Gasteiger charge is 2.15. The summed E-state index contributed by atoms with van der Waals surface area (Å²) >= 11 is 1.63. The zero-order valence-corrected chi connectivity index (χ0v) is 18.8. The molecule has 0 spiro atoms. The van der Waals surface area contributed by atoms with Crippen molar-refractivity contribution in [1.82, 2.24) is 9.88 Å². The number of aryl methyl sites for hydroxylation is 1. The number of nitrogens with zero attached hydrogens (tertiary/aromatic N) is 2. The molecule has 7 heteroatoms. The van der Waals surface area contributed by atoms with Crippen molar-refractivity contribution in [3.63, 3.8) is 0 Å². The van der Waals surface area contributed by atoms with Gasteiger partial charge in [-0.1, -0.05) is 19.9 Å². The minimum absolute atomic E-state index is 0.120. The van der Waals surface area contributed by atoms with Crippen LogP contribution in [-0.2, 0) is 27.3 Å².